The third kappa shape index (κ3) is 3.36. The van der Waals surface area contributed by atoms with Gasteiger partial charge >= 0.3 is 0 Å². The third-order valence-electron chi connectivity index (χ3n) is 3.78. The smallest absolute Gasteiger partial charge is 0.0198 e. The van der Waals surface area contributed by atoms with E-state index >= 15 is 0 Å². The van der Waals surface area contributed by atoms with Gasteiger partial charge in [0, 0.05) is 17.3 Å². The molecule has 0 radical (unpaired) electrons. The first-order valence-corrected chi connectivity index (χ1v) is 7.68. The standard InChI is InChI=1S/C12H24N2S/c1-15-12-6-2-5-11(12)14-10-4-3-8-13-9-7-10/h10-14H,2-9H2,1H3. The number of hydrogen-bond donors (Lipinski definition) is 2. The van der Waals surface area contributed by atoms with E-state index in [9.17, 15) is 0 Å². The highest BCUT2D eigenvalue weighted by molar-refractivity contribution is 7.99. The Kier molecular flexibility index (Phi) is 4.79. The molecule has 1 aliphatic heterocycles. The molecule has 1 saturated heterocycles. The Labute approximate surface area is 98.0 Å². The molecule has 3 unspecified atom stereocenters. The van der Waals surface area contributed by atoms with Gasteiger partial charge in [-0.05, 0) is 51.4 Å². The topological polar surface area (TPSA) is 24.1 Å². The largest absolute Gasteiger partial charge is 0.317 e. The van der Waals surface area contributed by atoms with Gasteiger partial charge in [-0.25, -0.2) is 0 Å². The van der Waals surface area contributed by atoms with E-state index in [0.29, 0.717) is 0 Å². The SMILES string of the molecule is CSC1CCCC1NC1CCCNCC1. The average molecular weight is 228 g/mol. The molecule has 0 amide bonds. The van der Waals surface area contributed by atoms with Crippen LogP contribution < -0.4 is 10.6 Å². The monoisotopic (exact) mass is 228 g/mol. The van der Waals surface area contributed by atoms with Crippen molar-refractivity contribution in [3.05, 3.63) is 0 Å². The molecule has 0 aromatic rings. The normalized spacial score (nSPS) is 37.8. The molecule has 88 valence electrons. The third-order valence-corrected chi connectivity index (χ3v) is 4.95. The van der Waals surface area contributed by atoms with E-state index in [1.165, 1.54) is 51.6 Å². The van der Waals surface area contributed by atoms with Crippen molar-refractivity contribution in [2.45, 2.75) is 55.9 Å². The molecule has 0 bridgehead atoms. The second kappa shape index (κ2) is 6.12. The molecule has 3 heteroatoms. The number of rotatable bonds is 3. The summed E-state index contributed by atoms with van der Waals surface area (Å²) in [7, 11) is 0. The van der Waals surface area contributed by atoms with E-state index in [1.54, 1.807) is 0 Å². The molecule has 2 nitrogen and oxygen atoms in total. The molecular weight excluding hydrogens is 204 g/mol. The summed E-state index contributed by atoms with van der Waals surface area (Å²) in [5.74, 6) is 0. The van der Waals surface area contributed by atoms with Crippen molar-refractivity contribution >= 4 is 11.8 Å². The minimum absolute atomic E-state index is 0.776. The highest BCUT2D eigenvalue weighted by atomic mass is 32.2. The summed E-state index contributed by atoms with van der Waals surface area (Å²) in [5, 5.41) is 8.26. The lowest BCUT2D eigenvalue weighted by Crippen LogP contribution is -2.41. The molecule has 1 heterocycles. The van der Waals surface area contributed by atoms with Crippen LogP contribution in [-0.4, -0.2) is 36.7 Å². The van der Waals surface area contributed by atoms with Gasteiger partial charge in [0.05, 0.1) is 0 Å². The van der Waals surface area contributed by atoms with Gasteiger partial charge in [-0.3, -0.25) is 0 Å². The molecule has 1 aliphatic carbocycles. The number of hydrogen-bond acceptors (Lipinski definition) is 3. The van der Waals surface area contributed by atoms with E-state index in [1.807, 2.05) is 0 Å². The summed E-state index contributed by atoms with van der Waals surface area (Å²) < 4.78 is 0. The lowest BCUT2D eigenvalue weighted by Gasteiger charge is -2.25. The van der Waals surface area contributed by atoms with Gasteiger partial charge in [-0.2, -0.15) is 11.8 Å². The van der Waals surface area contributed by atoms with Crippen molar-refractivity contribution < 1.29 is 0 Å². The van der Waals surface area contributed by atoms with Crippen LogP contribution in [0.1, 0.15) is 38.5 Å². The van der Waals surface area contributed by atoms with Crippen LogP contribution in [0.2, 0.25) is 0 Å². The molecule has 2 N–H and O–H groups in total. The maximum atomic E-state index is 3.90. The maximum Gasteiger partial charge on any atom is 0.0198 e. The van der Waals surface area contributed by atoms with Crippen molar-refractivity contribution in [1.29, 1.82) is 0 Å². The molecule has 0 aromatic carbocycles. The average Bonchev–Trinajstić information content (AvgIpc) is 2.53. The van der Waals surface area contributed by atoms with Gasteiger partial charge in [0.1, 0.15) is 0 Å². The minimum atomic E-state index is 0.776. The van der Waals surface area contributed by atoms with Crippen LogP contribution in [-0.2, 0) is 0 Å². The number of thioether (sulfide) groups is 1. The van der Waals surface area contributed by atoms with Gasteiger partial charge < -0.3 is 10.6 Å². The van der Waals surface area contributed by atoms with Crippen LogP contribution in [0.25, 0.3) is 0 Å². The molecule has 0 spiro atoms. The van der Waals surface area contributed by atoms with Crippen LogP contribution in [0.4, 0.5) is 0 Å². The summed E-state index contributed by atoms with van der Waals surface area (Å²) in [6.07, 6.45) is 10.5. The van der Waals surface area contributed by atoms with Crippen molar-refractivity contribution in [3.8, 4) is 0 Å². The molecule has 3 atom stereocenters. The fourth-order valence-corrected chi connectivity index (χ4v) is 3.83. The van der Waals surface area contributed by atoms with E-state index in [4.69, 9.17) is 0 Å². The first-order chi connectivity index (χ1) is 7.40. The summed E-state index contributed by atoms with van der Waals surface area (Å²) in [4.78, 5) is 0. The lowest BCUT2D eigenvalue weighted by molar-refractivity contribution is 0.406. The highest BCUT2D eigenvalue weighted by Gasteiger charge is 2.28. The fraction of sp³-hybridized carbons (Fsp3) is 1.00. The van der Waals surface area contributed by atoms with E-state index in [2.05, 4.69) is 28.7 Å². The van der Waals surface area contributed by atoms with Crippen LogP contribution >= 0.6 is 11.8 Å². The summed E-state index contributed by atoms with van der Waals surface area (Å²) in [6, 6.07) is 1.57. The lowest BCUT2D eigenvalue weighted by atomic mass is 10.1. The zero-order chi connectivity index (χ0) is 10.5. The van der Waals surface area contributed by atoms with Crippen molar-refractivity contribution in [3.63, 3.8) is 0 Å². The van der Waals surface area contributed by atoms with E-state index in [-0.39, 0.29) is 0 Å². The Bertz CT molecular complexity index is 178. The van der Waals surface area contributed by atoms with Crippen molar-refractivity contribution in [2.75, 3.05) is 19.3 Å². The summed E-state index contributed by atoms with van der Waals surface area (Å²) >= 11 is 2.06. The van der Waals surface area contributed by atoms with Gasteiger partial charge in [0.2, 0.25) is 0 Å². The van der Waals surface area contributed by atoms with Crippen LogP contribution in [0, 0.1) is 0 Å². The molecule has 15 heavy (non-hydrogen) atoms. The molecule has 1 saturated carbocycles. The van der Waals surface area contributed by atoms with Crippen LogP contribution in [0.15, 0.2) is 0 Å². The Morgan fingerprint density at radius 1 is 1.07 bits per heavy atom. The Hall–Kier alpha value is 0.270. The molecule has 2 aliphatic rings. The van der Waals surface area contributed by atoms with Gasteiger partial charge in [0.25, 0.3) is 0 Å². The zero-order valence-electron chi connectivity index (χ0n) is 9.80. The Balaban J connectivity index is 1.78. The highest BCUT2D eigenvalue weighted by Crippen LogP contribution is 2.29. The van der Waals surface area contributed by atoms with Crippen LogP contribution in [0.5, 0.6) is 0 Å². The summed E-state index contributed by atoms with van der Waals surface area (Å²) in [5.41, 5.74) is 0. The molecular formula is C12H24N2S. The minimum Gasteiger partial charge on any atom is -0.317 e. The quantitative estimate of drug-likeness (QED) is 0.772. The van der Waals surface area contributed by atoms with Gasteiger partial charge in [-0.15, -0.1) is 0 Å². The van der Waals surface area contributed by atoms with Gasteiger partial charge in [-0.1, -0.05) is 6.42 Å². The number of nitrogens with one attached hydrogen (secondary N) is 2. The second-order valence-corrected chi connectivity index (χ2v) is 5.93. The van der Waals surface area contributed by atoms with Gasteiger partial charge in [0.15, 0.2) is 0 Å². The fourth-order valence-electron chi connectivity index (χ4n) is 2.89. The van der Waals surface area contributed by atoms with Crippen LogP contribution in [0.3, 0.4) is 0 Å². The van der Waals surface area contributed by atoms with Crippen molar-refractivity contribution in [1.82, 2.24) is 10.6 Å². The Morgan fingerprint density at radius 2 is 2.00 bits per heavy atom. The summed E-state index contributed by atoms with van der Waals surface area (Å²) in [6.45, 7) is 2.42. The van der Waals surface area contributed by atoms with E-state index < -0.39 is 0 Å². The van der Waals surface area contributed by atoms with E-state index in [0.717, 1.165) is 17.3 Å². The predicted octanol–water partition coefficient (Wildman–Crippen LogP) is 2.00. The predicted molar refractivity (Wildman–Crippen MR) is 68.6 cm³/mol. The first kappa shape index (κ1) is 11.7. The molecule has 2 fully saturated rings. The van der Waals surface area contributed by atoms with Crippen molar-refractivity contribution in [2.24, 2.45) is 0 Å². The Morgan fingerprint density at radius 3 is 2.87 bits per heavy atom. The second-order valence-electron chi connectivity index (χ2n) is 4.86. The first-order valence-electron chi connectivity index (χ1n) is 6.39. The molecule has 2 rings (SSSR count). The molecule has 0 aromatic heterocycles. The maximum absolute atomic E-state index is 3.90. The zero-order valence-corrected chi connectivity index (χ0v) is 10.6.